The lowest BCUT2D eigenvalue weighted by Crippen LogP contribution is -2.34. The topological polar surface area (TPSA) is 45.2 Å². The Morgan fingerprint density at radius 1 is 1.36 bits per heavy atom. The summed E-state index contributed by atoms with van der Waals surface area (Å²) >= 11 is 0. The maximum Gasteiger partial charge on any atom is 0.274 e. The number of aromatic nitrogens is 1. The summed E-state index contributed by atoms with van der Waals surface area (Å²) in [5.41, 5.74) is 4.70. The standard InChI is InChI=1S/C21H27N3O/c1-4-17-9-5-8-16(3)20(17)23-21(25)19-13-18(10-11-22-19)24-12-6-7-15(2)14-24/h5,8-11,13,15H,4,6-7,12,14H2,1-3H3,(H,23,25). The van der Waals surface area contributed by atoms with Gasteiger partial charge in [-0.3, -0.25) is 9.78 Å². The number of amides is 1. The Bertz CT molecular complexity index is 757. The molecule has 1 fully saturated rings. The van der Waals surface area contributed by atoms with Crippen molar-refractivity contribution in [2.24, 2.45) is 5.92 Å². The number of pyridine rings is 1. The molecule has 1 amide bonds. The highest BCUT2D eigenvalue weighted by Gasteiger charge is 2.18. The molecule has 0 aliphatic carbocycles. The van der Waals surface area contributed by atoms with E-state index in [9.17, 15) is 4.79 Å². The first kappa shape index (κ1) is 17.5. The molecule has 1 saturated heterocycles. The predicted octanol–water partition coefficient (Wildman–Crippen LogP) is 4.44. The zero-order valence-electron chi connectivity index (χ0n) is 15.4. The molecule has 1 aliphatic rings. The quantitative estimate of drug-likeness (QED) is 0.897. The highest BCUT2D eigenvalue weighted by molar-refractivity contribution is 6.04. The zero-order chi connectivity index (χ0) is 17.8. The fourth-order valence-corrected chi connectivity index (χ4v) is 3.54. The molecule has 0 saturated carbocycles. The second kappa shape index (κ2) is 7.68. The summed E-state index contributed by atoms with van der Waals surface area (Å²) in [5, 5.41) is 3.06. The van der Waals surface area contributed by atoms with Crippen molar-refractivity contribution in [3.8, 4) is 0 Å². The van der Waals surface area contributed by atoms with Crippen LogP contribution in [0.2, 0.25) is 0 Å². The summed E-state index contributed by atoms with van der Waals surface area (Å²) in [6.45, 7) is 8.50. The molecule has 3 rings (SSSR count). The van der Waals surface area contributed by atoms with Gasteiger partial charge in [0.05, 0.1) is 0 Å². The number of hydrogen-bond acceptors (Lipinski definition) is 3. The Morgan fingerprint density at radius 2 is 2.20 bits per heavy atom. The lowest BCUT2D eigenvalue weighted by molar-refractivity contribution is 0.102. The molecule has 132 valence electrons. The van der Waals surface area contributed by atoms with Crippen LogP contribution in [0.25, 0.3) is 0 Å². The average Bonchev–Trinajstić information content (AvgIpc) is 2.63. The first-order chi connectivity index (χ1) is 12.1. The van der Waals surface area contributed by atoms with Gasteiger partial charge in [-0.1, -0.05) is 32.0 Å². The van der Waals surface area contributed by atoms with Crippen molar-refractivity contribution in [2.75, 3.05) is 23.3 Å². The largest absolute Gasteiger partial charge is 0.371 e. The number of carbonyl (C=O) groups is 1. The number of aryl methyl sites for hydroxylation is 2. The minimum atomic E-state index is -0.143. The van der Waals surface area contributed by atoms with Gasteiger partial charge >= 0.3 is 0 Å². The Labute approximate surface area is 150 Å². The third-order valence-electron chi connectivity index (χ3n) is 4.98. The SMILES string of the molecule is CCc1cccc(C)c1NC(=O)c1cc(N2CCCC(C)C2)ccn1. The zero-order valence-corrected chi connectivity index (χ0v) is 15.4. The van der Waals surface area contributed by atoms with Crippen molar-refractivity contribution in [1.29, 1.82) is 0 Å². The van der Waals surface area contributed by atoms with E-state index in [0.717, 1.165) is 42.0 Å². The van der Waals surface area contributed by atoms with Gasteiger partial charge in [0.2, 0.25) is 0 Å². The number of piperidine rings is 1. The van der Waals surface area contributed by atoms with Crippen molar-refractivity contribution in [3.63, 3.8) is 0 Å². The number of hydrogen-bond donors (Lipinski definition) is 1. The first-order valence-electron chi connectivity index (χ1n) is 9.19. The number of nitrogens with one attached hydrogen (secondary N) is 1. The molecule has 0 spiro atoms. The van der Waals surface area contributed by atoms with E-state index in [1.54, 1.807) is 6.20 Å². The van der Waals surface area contributed by atoms with E-state index >= 15 is 0 Å². The number of carbonyl (C=O) groups excluding carboxylic acids is 1. The number of nitrogens with zero attached hydrogens (tertiary/aromatic N) is 2. The third kappa shape index (κ3) is 4.01. The average molecular weight is 337 g/mol. The summed E-state index contributed by atoms with van der Waals surface area (Å²) < 4.78 is 0. The number of rotatable bonds is 4. The van der Waals surface area contributed by atoms with Crippen LogP contribution >= 0.6 is 0 Å². The van der Waals surface area contributed by atoms with Crippen molar-refractivity contribution in [2.45, 2.75) is 40.0 Å². The van der Waals surface area contributed by atoms with Gasteiger partial charge in [0, 0.05) is 30.7 Å². The summed E-state index contributed by atoms with van der Waals surface area (Å²) in [4.78, 5) is 19.4. The van der Waals surface area contributed by atoms with Crippen LogP contribution in [-0.4, -0.2) is 24.0 Å². The molecule has 0 bridgehead atoms. The molecule has 1 aliphatic heterocycles. The third-order valence-corrected chi connectivity index (χ3v) is 4.98. The van der Waals surface area contributed by atoms with Crippen molar-refractivity contribution >= 4 is 17.3 Å². The molecule has 0 radical (unpaired) electrons. The normalized spacial score (nSPS) is 17.4. The Kier molecular flexibility index (Phi) is 5.37. The van der Waals surface area contributed by atoms with E-state index in [-0.39, 0.29) is 5.91 Å². The van der Waals surface area contributed by atoms with Crippen LogP contribution in [0.15, 0.2) is 36.5 Å². The monoisotopic (exact) mass is 337 g/mol. The molecule has 1 aromatic heterocycles. The maximum absolute atomic E-state index is 12.7. The summed E-state index contributed by atoms with van der Waals surface area (Å²) in [5.74, 6) is 0.550. The molecule has 4 heteroatoms. The molecule has 1 unspecified atom stereocenters. The van der Waals surface area contributed by atoms with E-state index in [4.69, 9.17) is 0 Å². The van der Waals surface area contributed by atoms with Crippen LogP contribution in [0.5, 0.6) is 0 Å². The number of para-hydroxylation sites is 1. The van der Waals surface area contributed by atoms with Gasteiger partial charge in [-0.25, -0.2) is 0 Å². The smallest absolute Gasteiger partial charge is 0.274 e. The molecule has 1 N–H and O–H groups in total. The van der Waals surface area contributed by atoms with E-state index < -0.39 is 0 Å². The van der Waals surface area contributed by atoms with Gasteiger partial charge in [-0.05, 0) is 55.4 Å². The summed E-state index contributed by atoms with van der Waals surface area (Å²) in [6.07, 6.45) is 5.11. The van der Waals surface area contributed by atoms with Crippen molar-refractivity contribution in [3.05, 3.63) is 53.3 Å². The fraction of sp³-hybridized carbons (Fsp3) is 0.429. The molecule has 1 aromatic carbocycles. The highest BCUT2D eigenvalue weighted by atomic mass is 16.1. The van der Waals surface area contributed by atoms with Gasteiger partial charge in [-0.15, -0.1) is 0 Å². The van der Waals surface area contributed by atoms with Gasteiger partial charge in [0.1, 0.15) is 5.69 Å². The van der Waals surface area contributed by atoms with Crippen LogP contribution in [0.3, 0.4) is 0 Å². The van der Waals surface area contributed by atoms with Crippen LogP contribution in [0.1, 0.15) is 48.3 Å². The highest BCUT2D eigenvalue weighted by Crippen LogP contribution is 2.24. The molecular formula is C21H27N3O. The van der Waals surface area contributed by atoms with Crippen LogP contribution in [0, 0.1) is 12.8 Å². The molecule has 1 atom stereocenters. The minimum Gasteiger partial charge on any atom is -0.371 e. The predicted molar refractivity (Wildman–Crippen MR) is 103 cm³/mol. The lowest BCUT2D eigenvalue weighted by Gasteiger charge is -2.32. The van der Waals surface area contributed by atoms with Crippen LogP contribution < -0.4 is 10.2 Å². The van der Waals surface area contributed by atoms with Crippen LogP contribution in [0.4, 0.5) is 11.4 Å². The Hall–Kier alpha value is -2.36. The molecule has 4 nitrogen and oxygen atoms in total. The minimum absolute atomic E-state index is 0.143. The molecule has 2 aromatic rings. The molecular weight excluding hydrogens is 310 g/mol. The Balaban J connectivity index is 1.80. The summed E-state index contributed by atoms with van der Waals surface area (Å²) in [7, 11) is 0. The van der Waals surface area contributed by atoms with Gasteiger partial charge < -0.3 is 10.2 Å². The van der Waals surface area contributed by atoms with E-state index in [0.29, 0.717) is 11.6 Å². The summed E-state index contributed by atoms with van der Waals surface area (Å²) in [6, 6.07) is 10.0. The van der Waals surface area contributed by atoms with E-state index in [1.165, 1.54) is 12.8 Å². The second-order valence-corrected chi connectivity index (χ2v) is 7.01. The Morgan fingerprint density at radius 3 is 2.96 bits per heavy atom. The van der Waals surface area contributed by atoms with Gasteiger partial charge in [-0.2, -0.15) is 0 Å². The van der Waals surface area contributed by atoms with Gasteiger partial charge in [0.25, 0.3) is 5.91 Å². The number of benzene rings is 1. The first-order valence-corrected chi connectivity index (χ1v) is 9.19. The van der Waals surface area contributed by atoms with Crippen LogP contribution in [-0.2, 0) is 6.42 Å². The van der Waals surface area contributed by atoms with E-state index in [1.807, 2.05) is 31.2 Å². The van der Waals surface area contributed by atoms with Crippen molar-refractivity contribution < 1.29 is 4.79 Å². The second-order valence-electron chi connectivity index (χ2n) is 7.01. The lowest BCUT2D eigenvalue weighted by atomic mass is 10.00. The maximum atomic E-state index is 12.7. The fourth-order valence-electron chi connectivity index (χ4n) is 3.54. The van der Waals surface area contributed by atoms with E-state index in [2.05, 4.69) is 35.1 Å². The number of anilines is 2. The van der Waals surface area contributed by atoms with Crippen molar-refractivity contribution in [1.82, 2.24) is 4.98 Å². The molecule has 25 heavy (non-hydrogen) atoms. The van der Waals surface area contributed by atoms with Gasteiger partial charge in [0.15, 0.2) is 0 Å². The molecule has 2 heterocycles.